The van der Waals surface area contributed by atoms with Gasteiger partial charge in [-0.25, -0.2) is 4.98 Å². The molecule has 150 valence electrons. The van der Waals surface area contributed by atoms with E-state index in [4.69, 9.17) is 4.74 Å². The molecule has 1 aromatic carbocycles. The number of benzene rings is 1. The van der Waals surface area contributed by atoms with Gasteiger partial charge in [0.15, 0.2) is 6.10 Å². The number of fused-ring (bicyclic) bond motifs is 1. The summed E-state index contributed by atoms with van der Waals surface area (Å²) in [5.74, 6) is -0.0531. The monoisotopic (exact) mass is 429 g/mol. The van der Waals surface area contributed by atoms with Crippen molar-refractivity contribution in [3.63, 3.8) is 0 Å². The summed E-state index contributed by atoms with van der Waals surface area (Å²) in [6.07, 6.45) is 0.0788. The largest absolute Gasteiger partial charge is 0.479 e. The molecule has 1 atom stereocenters. The average Bonchev–Trinajstić information content (AvgIpc) is 3.34. The number of thiazole rings is 1. The van der Waals surface area contributed by atoms with Crippen molar-refractivity contribution in [1.82, 2.24) is 15.2 Å². The zero-order valence-corrected chi connectivity index (χ0v) is 17.8. The second kappa shape index (κ2) is 7.88. The summed E-state index contributed by atoms with van der Waals surface area (Å²) in [4.78, 5) is 31.3. The molecule has 0 saturated heterocycles. The van der Waals surface area contributed by atoms with Crippen LogP contribution in [0.3, 0.4) is 0 Å². The Kier molecular flexibility index (Phi) is 5.29. The second-order valence-electron chi connectivity index (χ2n) is 6.52. The van der Waals surface area contributed by atoms with Crippen LogP contribution in [0.2, 0.25) is 0 Å². The molecule has 2 amide bonds. The first-order valence-electron chi connectivity index (χ1n) is 9.11. The first-order valence-corrected chi connectivity index (χ1v) is 10.8. The van der Waals surface area contributed by atoms with E-state index in [-0.39, 0.29) is 18.4 Å². The van der Waals surface area contributed by atoms with Crippen LogP contribution in [0.1, 0.15) is 23.9 Å². The van der Waals surface area contributed by atoms with Gasteiger partial charge in [-0.2, -0.15) is 0 Å². The summed E-state index contributed by atoms with van der Waals surface area (Å²) in [6, 6.07) is 5.55. The van der Waals surface area contributed by atoms with Gasteiger partial charge in [-0.15, -0.1) is 21.5 Å². The fourth-order valence-corrected chi connectivity index (χ4v) is 4.29. The van der Waals surface area contributed by atoms with Gasteiger partial charge in [0.25, 0.3) is 5.91 Å². The summed E-state index contributed by atoms with van der Waals surface area (Å²) in [6.45, 7) is 5.44. The number of anilines is 2. The maximum absolute atomic E-state index is 12.8. The van der Waals surface area contributed by atoms with Gasteiger partial charge in [0.05, 0.1) is 16.4 Å². The van der Waals surface area contributed by atoms with Gasteiger partial charge in [0.1, 0.15) is 17.3 Å². The molecular formula is C19H19N5O3S2. The van der Waals surface area contributed by atoms with Crippen molar-refractivity contribution in [3.05, 3.63) is 33.6 Å². The molecule has 4 rings (SSSR count). The Labute approximate surface area is 175 Å². The van der Waals surface area contributed by atoms with Crippen LogP contribution in [-0.2, 0) is 16.0 Å². The third-order valence-electron chi connectivity index (χ3n) is 4.40. The molecule has 8 nitrogen and oxygen atoms in total. The van der Waals surface area contributed by atoms with Crippen LogP contribution >= 0.6 is 22.7 Å². The first-order chi connectivity index (χ1) is 13.9. The summed E-state index contributed by atoms with van der Waals surface area (Å²) in [5, 5.41) is 14.8. The minimum atomic E-state index is -0.670. The number of carbonyl (C=O) groups excluding carboxylic acids is 2. The standard InChI is InChI=1S/C19H19N5O3S2/c1-4-17-22-23-19(29-17)21-16(25)8-24-14-7-12(13-9-28-11(3)20-13)5-6-15(14)27-10(2)18(24)26/h5-7,9-10H,4,8H2,1-3H3,(H,21,23,25). The van der Waals surface area contributed by atoms with E-state index in [0.717, 1.165) is 27.7 Å². The van der Waals surface area contributed by atoms with E-state index in [0.29, 0.717) is 16.6 Å². The van der Waals surface area contributed by atoms with E-state index >= 15 is 0 Å². The molecule has 1 N–H and O–H groups in total. The topological polar surface area (TPSA) is 97.3 Å². The number of hydrogen-bond donors (Lipinski definition) is 1. The maximum atomic E-state index is 12.8. The Morgan fingerprint density at radius 3 is 2.86 bits per heavy atom. The predicted molar refractivity (Wildman–Crippen MR) is 113 cm³/mol. The summed E-state index contributed by atoms with van der Waals surface area (Å²) in [7, 11) is 0. The van der Waals surface area contributed by atoms with Crippen LogP contribution in [0.5, 0.6) is 5.75 Å². The molecule has 2 aromatic heterocycles. The molecule has 0 spiro atoms. The lowest BCUT2D eigenvalue weighted by Crippen LogP contribution is -2.47. The number of amides is 2. The molecule has 0 saturated carbocycles. The van der Waals surface area contributed by atoms with Gasteiger partial charge in [-0.1, -0.05) is 18.3 Å². The van der Waals surface area contributed by atoms with Gasteiger partial charge in [0, 0.05) is 10.9 Å². The molecule has 10 heteroatoms. The number of carbonyl (C=O) groups is 2. The SMILES string of the molecule is CCc1nnc(NC(=O)CN2C(=O)C(C)Oc3ccc(-c4csc(C)n4)cc32)s1. The van der Waals surface area contributed by atoms with E-state index in [1.165, 1.54) is 16.2 Å². The second-order valence-corrected chi connectivity index (χ2v) is 8.65. The fraction of sp³-hybridized carbons (Fsp3) is 0.316. The minimum absolute atomic E-state index is 0.139. The van der Waals surface area contributed by atoms with Gasteiger partial charge in [-0.05, 0) is 38.5 Å². The van der Waals surface area contributed by atoms with E-state index < -0.39 is 6.10 Å². The molecule has 0 aliphatic carbocycles. The molecular weight excluding hydrogens is 410 g/mol. The number of nitrogens with one attached hydrogen (secondary N) is 1. The van der Waals surface area contributed by atoms with Crippen molar-refractivity contribution in [1.29, 1.82) is 0 Å². The fourth-order valence-electron chi connectivity index (χ4n) is 2.97. The highest BCUT2D eigenvalue weighted by Crippen LogP contribution is 2.37. The molecule has 0 bridgehead atoms. The molecule has 1 aliphatic rings. The molecule has 0 fully saturated rings. The molecule has 3 aromatic rings. The quantitative estimate of drug-likeness (QED) is 0.668. The summed E-state index contributed by atoms with van der Waals surface area (Å²) in [5.41, 5.74) is 2.24. The zero-order valence-electron chi connectivity index (χ0n) is 16.1. The van der Waals surface area contributed by atoms with E-state index in [9.17, 15) is 9.59 Å². The lowest BCUT2D eigenvalue weighted by Gasteiger charge is -2.32. The van der Waals surface area contributed by atoms with Crippen LogP contribution in [-0.4, -0.2) is 39.6 Å². The van der Waals surface area contributed by atoms with Crippen molar-refractivity contribution in [3.8, 4) is 17.0 Å². The van der Waals surface area contributed by atoms with Crippen molar-refractivity contribution in [2.45, 2.75) is 33.3 Å². The molecule has 1 aliphatic heterocycles. The Morgan fingerprint density at radius 2 is 2.17 bits per heavy atom. The average molecular weight is 430 g/mol. The van der Waals surface area contributed by atoms with Crippen LogP contribution in [0, 0.1) is 6.92 Å². The van der Waals surface area contributed by atoms with Crippen LogP contribution in [0.25, 0.3) is 11.3 Å². The lowest BCUT2D eigenvalue weighted by molar-refractivity contribution is -0.127. The van der Waals surface area contributed by atoms with Crippen LogP contribution in [0.15, 0.2) is 23.6 Å². The van der Waals surface area contributed by atoms with Crippen molar-refractivity contribution in [2.24, 2.45) is 0 Å². The number of aromatic nitrogens is 3. The Morgan fingerprint density at radius 1 is 1.34 bits per heavy atom. The minimum Gasteiger partial charge on any atom is -0.479 e. The Hall–Kier alpha value is -2.85. The third-order valence-corrected chi connectivity index (χ3v) is 6.16. The first kappa shape index (κ1) is 19.5. The smallest absolute Gasteiger partial charge is 0.268 e. The van der Waals surface area contributed by atoms with Crippen molar-refractivity contribution >= 4 is 45.3 Å². The lowest BCUT2D eigenvalue weighted by atomic mass is 10.1. The molecule has 3 heterocycles. The van der Waals surface area contributed by atoms with E-state index in [2.05, 4.69) is 20.5 Å². The summed E-state index contributed by atoms with van der Waals surface area (Å²) >= 11 is 2.88. The number of hydrogen-bond acceptors (Lipinski definition) is 8. The van der Waals surface area contributed by atoms with Gasteiger partial charge >= 0.3 is 0 Å². The van der Waals surface area contributed by atoms with E-state index in [1.54, 1.807) is 18.3 Å². The van der Waals surface area contributed by atoms with E-state index in [1.807, 2.05) is 37.4 Å². The molecule has 0 radical (unpaired) electrons. The third kappa shape index (κ3) is 3.99. The number of nitrogens with zero attached hydrogens (tertiary/aromatic N) is 4. The maximum Gasteiger partial charge on any atom is 0.268 e. The van der Waals surface area contributed by atoms with Crippen LogP contribution in [0.4, 0.5) is 10.8 Å². The van der Waals surface area contributed by atoms with Gasteiger partial charge in [0.2, 0.25) is 11.0 Å². The predicted octanol–water partition coefficient (Wildman–Crippen LogP) is 3.29. The highest BCUT2D eigenvalue weighted by molar-refractivity contribution is 7.15. The van der Waals surface area contributed by atoms with Crippen molar-refractivity contribution in [2.75, 3.05) is 16.8 Å². The molecule has 29 heavy (non-hydrogen) atoms. The Balaban J connectivity index is 1.60. The Bertz CT molecular complexity index is 1080. The van der Waals surface area contributed by atoms with Gasteiger partial charge in [-0.3, -0.25) is 19.8 Å². The highest BCUT2D eigenvalue weighted by Gasteiger charge is 2.33. The summed E-state index contributed by atoms with van der Waals surface area (Å²) < 4.78 is 5.73. The van der Waals surface area contributed by atoms with Crippen molar-refractivity contribution < 1.29 is 14.3 Å². The normalized spacial score (nSPS) is 15.8. The zero-order chi connectivity index (χ0) is 20.5. The van der Waals surface area contributed by atoms with Gasteiger partial charge < -0.3 is 4.74 Å². The number of ether oxygens (including phenoxy) is 1. The van der Waals surface area contributed by atoms with Crippen LogP contribution < -0.4 is 15.0 Å². The number of aryl methyl sites for hydroxylation is 2. The highest BCUT2D eigenvalue weighted by atomic mass is 32.1. The number of rotatable bonds is 5. The molecule has 1 unspecified atom stereocenters.